The first-order valence-corrected chi connectivity index (χ1v) is 5.35. The fourth-order valence-electron chi connectivity index (χ4n) is 1.64. The van der Waals surface area contributed by atoms with Crippen molar-refractivity contribution in [1.82, 2.24) is 20.3 Å². The van der Waals surface area contributed by atoms with E-state index < -0.39 is 17.6 Å². The number of nitrogens with zero attached hydrogens (tertiary/aromatic N) is 3. The van der Waals surface area contributed by atoms with Gasteiger partial charge in [-0.3, -0.25) is 0 Å². The molecule has 0 saturated carbocycles. The van der Waals surface area contributed by atoms with Crippen molar-refractivity contribution >= 4 is 0 Å². The van der Waals surface area contributed by atoms with E-state index in [0.29, 0.717) is 18.3 Å². The molecule has 0 radical (unpaired) electrons. The van der Waals surface area contributed by atoms with Crippen LogP contribution in [0.25, 0.3) is 5.69 Å². The van der Waals surface area contributed by atoms with E-state index in [1.54, 1.807) is 7.05 Å². The summed E-state index contributed by atoms with van der Waals surface area (Å²) in [4.78, 5) is 0. The van der Waals surface area contributed by atoms with Crippen molar-refractivity contribution < 1.29 is 17.6 Å². The van der Waals surface area contributed by atoms with E-state index in [2.05, 4.69) is 15.6 Å². The fraction of sp³-hybridized carbons (Fsp3) is 0.273. The lowest BCUT2D eigenvalue weighted by atomic mass is 10.2. The number of alkyl halides is 3. The van der Waals surface area contributed by atoms with Gasteiger partial charge >= 0.3 is 6.18 Å². The second-order valence-corrected chi connectivity index (χ2v) is 3.83. The van der Waals surface area contributed by atoms with Crippen LogP contribution in [0.15, 0.2) is 24.4 Å². The number of rotatable bonds is 3. The van der Waals surface area contributed by atoms with Crippen LogP contribution in [0, 0.1) is 5.82 Å². The van der Waals surface area contributed by atoms with Gasteiger partial charge in [-0.25, -0.2) is 9.07 Å². The molecule has 0 amide bonds. The normalized spacial score (nSPS) is 11.8. The Balaban J connectivity index is 2.49. The molecule has 1 N–H and O–H groups in total. The zero-order valence-electron chi connectivity index (χ0n) is 9.87. The minimum Gasteiger partial charge on any atom is -0.314 e. The highest BCUT2D eigenvalue weighted by Gasteiger charge is 2.34. The Morgan fingerprint density at radius 2 is 2.05 bits per heavy atom. The van der Waals surface area contributed by atoms with Gasteiger partial charge in [0.2, 0.25) is 0 Å². The molecule has 0 aliphatic heterocycles. The van der Waals surface area contributed by atoms with E-state index >= 15 is 0 Å². The summed E-state index contributed by atoms with van der Waals surface area (Å²) >= 11 is 0. The Bertz CT molecular complexity index is 576. The van der Waals surface area contributed by atoms with Crippen LogP contribution in [0.5, 0.6) is 0 Å². The standard InChI is InChI=1S/C11H10F4N4/c1-16-5-8-6-17-18-19(8)7-2-3-10(12)9(4-7)11(13,14)15/h2-4,6,16H,5H2,1H3. The molecule has 1 aromatic carbocycles. The smallest absolute Gasteiger partial charge is 0.314 e. The molecular formula is C11H10F4N4. The number of halogens is 4. The lowest BCUT2D eigenvalue weighted by Crippen LogP contribution is -2.13. The maximum absolute atomic E-state index is 13.2. The largest absolute Gasteiger partial charge is 0.419 e. The second-order valence-electron chi connectivity index (χ2n) is 3.83. The van der Waals surface area contributed by atoms with Crippen LogP contribution in [-0.4, -0.2) is 22.0 Å². The van der Waals surface area contributed by atoms with Gasteiger partial charge in [-0.05, 0) is 25.2 Å². The third kappa shape index (κ3) is 2.73. The number of aromatic nitrogens is 3. The van der Waals surface area contributed by atoms with E-state index in [4.69, 9.17) is 0 Å². The van der Waals surface area contributed by atoms with Crippen LogP contribution in [0.2, 0.25) is 0 Å². The first-order valence-electron chi connectivity index (χ1n) is 5.35. The van der Waals surface area contributed by atoms with Crippen molar-refractivity contribution in [2.75, 3.05) is 7.05 Å². The zero-order chi connectivity index (χ0) is 14.0. The molecule has 2 aromatic rings. The third-order valence-electron chi connectivity index (χ3n) is 2.48. The highest BCUT2D eigenvalue weighted by Crippen LogP contribution is 2.32. The quantitative estimate of drug-likeness (QED) is 0.872. The number of hydrogen-bond donors (Lipinski definition) is 1. The van der Waals surface area contributed by atoms with E-state index in [1.165, 1.54) is 16.9 Å². The van der Waals surface area contributed by atoms with E-state index in [-0.39, 0.29) is 5.69 Å². The maximum Gasteiger partial charge on any atom is 0.419 e. The molecule has 0 saturated heterocycles. The Hall–Kier alpha value is -1.96. The van der Waals surface area contributed by atoms with Crippen LogP contribution in [0.1, 0.15) is 11.3 Å². The summed E-state index contributed by atoms with van der Waals surface area (Å²) in [5.74, 6) is -1.31. The molecule has 0 bridgehead atoms. The summed E-state index contributed by atoms with van der Waals surface area (Å²) in [5.41, 5.74) is -0.644. The number of benzene rings is 1. The van der Waals surface area contributed by atoms with Gasteiger partial charge in [-0.15, -0.1) is 5.10 Å². The predicted molar refractivity (Wildman–Crippen MR) is 59.1 cm³/mol. The van der Waals surface area contributed by atoms with E-state index in [1.807, 2.05) is 0 Å². The summed E-state index contributed by atoms with van der Waals surface area (Å²) in [6.45, 7) is 0.381. The van der Waals surface area contributed by atoms with E-state index in [0.717, 1.165) is 6.07 Å². The van der Waals surface area contributed by atoms with Crippen molar-refractivity contribution in [2.45, 2.75) is 12.7 Å². The van der Waals surface area contributed by atoms with Gasteiger partial charge in [0.25, 0.3) is 0 Å². The molecule has 1 heterocycles. The minimum atomic E-state index is -4.75. The molecule has 0 unspecified atom stereocenters. The highest BCUT2D eigenvalue weighted by molar-refractivity contribution is 5.38. The molecule has 102 valence electrons. The Labute approximate surface area is 106 Å². The molecule has 0 aliphatic rings. The van der Waals surface area contributed by atoms with E-state index in [9.17, 15) is 17.6 Å². The second kappa shape index (κ2) is 4.96. The van der Waals surface area contributed by atoms with Gasteiger partial charge < -0.3 is 5.32 Å². The molecule has 0 aliphatic carbocycles. The van der Waals surface area contributed by atoms with Crippen LogP contribution in [-0.2, 0) is 12.7 Å². The summed E-state index contributed by atoms with van der Waals surface area (Å²) in [5, 5.41) is 10.2. The molecule has 1 aromatic heterocycles. The highest BCUT2D eigenvalue weighted by atomic mass is 19.4. The van der Waals surface area contributed by atoms with Crippen LogP contribution >= 0.6 is 0 Å². The van der Waals surface area contributed by atoms with Crippen LogP contribution < -0.4 is 5.32 Å². The maximum atomic E-state index is 13.2. The molecule has 0 spiro atoms. The molecule has 19 heavy (non-hydrogen) atoms. The molecule has 0 atom stereocenters. The Kier molecular flexibility index (Phi) is 3.52. The summed E-state index contributed by atoms with van der Waals surface area (Å²) < 4.78 is 52.3. The molecule has 8 heteroatoms. The minimum absolute atomic E-state index is 0.108. The van der Waals surface area contributed by atoms with Crippen molar-refractivity contribution in [1.29, 1.82) is 0 Å². The van der Waals surface area contributed by atoms with Crippen LogP contribution in [0.4, 0.5) is 17.6 Å². The van der Waals surface area contributed by atoms with Gasteiger partial charge in [-0.1, -0.05) is 5.21 Å². The summed E-state index contributed by atoms with van der Waals surface area (Å²) in [6, 6.07) is 2.70. The van der Waals surface area contributed by atoms with Crippen molar-refractivity contribution in [2.24, 2.45) is 0 Å². The molecule has 0 fully saturated rings. The first kappa shape index (κ1) is 13.5. The SMILES string of the molecule is CNCc1cnnn1-c1ccc(F)c(C(F)(F)F)c1. The van der Waals surface area contributed by atoms with Gasteiger partial charge in [0.1, 0.15) is 5.82 Å². The van der Waals surface area contributed by atoms with Gasteiger partial charge in [-0.2, -0.15) is 13.2 Å². The van der Waals surface area contributed by atoms with Crippen LogP contribution in [0.3, 0.4) is 0 Å². The van der Waals surface area contributed by atoms with Crippen molar-refractivity contribution in [3.05, 3.63) is 41.5 Å². The monoisotopic (exact) mass is 274 g/mol. The van der Waals surface area contributed by atoms with Gasteiger partial charge in [0, 0.05) is 6.54 Å². The summed E-state index contributed by atoms with van der Waals surface area (Å²) in [6.07, 6.45) is -3.32. The lowest BCUT2D eigenvalue weighted by Gasteiger charge is -2.11. The van der Waals surface area contributed by atoms with Gasteiger partial charge in [0.05, 0.1) is 23.1 Å². The number of nitrogens with one attached hydrogen (secondary N) is 1. The zero-order valence-corrected chi connectivity index (χ0v) is 9.87. The van der Waals surface area contributed by atoms with Gasteiger partial charge in [0.15, 0.2) is 0 Å². The Morgan fingerprint density at radius 3 is 2.68 bits per heavy atom. The average Bonchev–Trinajstić information content (AvgIpc) is 2.77. The molecule has 4 nitrogen and oxygen atoms in total. The average molecular weight is 274 g/mol. The van der Waals surface area contributed by atoms with Crippen molar-refractivity contribution in [3.8, 4) is 5.69 Å². The molecular weight excluding hydrogens is 264 g/mol. The van der Waals surface area contributed by atoms with Crippen molar-refractivity contribution in [3.63, 3.8) is 0 Å². The topological polar surface area (TPSA) is 42.7 Å². The lowest BCUT2D eigenvalue weighted by molar-refractivity contribution is -0.140. The fourth-order valence-corrected chi connectivity index (χ4v) is 1.64. The summed E-state index contributed by atoms with van der Waals surface area (Å²) in [7, 11) is 1.68. The predicted octanol–water partition coefficient (Wildman–Crippen LogP) is 2.14. The third-order valence-corrected chi connectivity index (χ3v) is 2.48. The Morgan fingerprint density at radius 1 is 1.32 bits per heavy atom. The molecule has 2 rings (SSSR count). The number of hydrogen-bond acceptors (Lipinski definition) is 3. The first-order chi connectivity index (χ1) is 8.93.